The molecule has 0 atom stereocenters. The van der Waals surface area contributed by atoms with Crippen molar-refractivity contribution in [3.63, 3.8) is 0 Å². The van der Waals surface area contributed by atoms with Crippen LogP contribution in [0, 0.1) is 5.41 Å². The van der Waals surface area contributed by atoms with Crippen LogP contribution in [0.3, 0.4) is 0 Å². The second-order valence-electron chi connectivity index (χ2n) is 3.67. The number of carbonyl (C=O) groups is 1. The summed E-state index contributed by atoms with van der Waals surface area (Å²) in [5.74, 6) is 0.320. The highest BCUT2D eigenvalue weighted by atomic mass is 16.1. The van der Waals surface area contributed by atoms with Gasteiger partial charge in [0.2, 0.25) is 0 Å². The van der Waals surface area contributed by atoms with Gasteiger partial charge in [0.25, 0.3) is 0 Å². The first-order valence-corrected chi connectivity index (χ1v) is 5.02. The molecule has 0 bridgehead atoms. The minimum Gasteiger partial charge on any atom is -0.384 e. The predicted octanol–water partition coefficient (Wildman–Crippen LogP) is 1.88. The van der Waals surface area contributed by atoms with Gasteiger partial charge in [0.15, 0.2) is 0 Å². The molecule has 0 saturated carbocycles. The maximum Gasteiger partial charge on any atom is 0.129 e. The summed E-state index contributed by atoms with van der Waals surface area (Å²) in [5, 5.41) is 7.23. The summed E-state index contributed by atoms with van der Waals surface area (Å²) in [6.07, 6.45) is 2.42. The van der Waals surface area contributed by atoms with Crippen LogP contribution in [0.1, 0.15) is 30.9 Å². The van der Waals surface area contributed by atoms with Gasteiger partial charge < -0.3 is 10.5 Å². The number of nitrogen functional groups attached to an aromatic ring is 1. The van der Waals surface area contributed by atoms with E-state index < -0.39 is 0 Å². The van der Waals surface area contributed by atoms with Crippen molar-refractivity contribution < 1.29 is 4.79 Å². The minimum absolute atomic E-state index is 0.0882. The highest BCUT2D eigenvalue weighted by Gasteiger charge is 1.98. The van der Waals surface area contributed by atoms with Crippen LogP contribution in [0.2, 0.25) is 0 Å². The van der Waals surface area contributed by atoms with Crippen molar-refractivity contribution in [2.24, 2.45) is 5.73 Å². The summed E-state index contributed by atoms with van der Waals surface area (Å²) in [4.78, 5) is 10.7. The first kappa shape index (κ1) is 11.4. The van der Waals surface area contributed by atoms with Crippen LogP contribution in [-0.4, -0.2) is 11.6 Å². The van der Waals surface area contributed by atoms with E-state index in [4.69, 9.17) is 11.1 Å². The van der Waals surface area contributed by atoms with Crippen LogP contribution in [0.15, 0.2) is 24.3 Å². The molecule has 80 valence electrons. The number of hydrogen-bond donors (Lipinski definition) is 2. The molecule has 0 aliphatic carbocycles. The molecular weight excluding hydrogens is 188 g/mol. The van der Waals surface area contributed by atoms with Gasteiger partial charge in [-0.2, -0.15) is 0 Å². The van der Waals surface area contributed by atoms with E-state index >= 15 is 0 Å². The summed E-state index contributed by atoms with van der Waals surface area (Å²) in [6, 6.07) is 7.59. The van der Waals surface area contributed by atoms with Crippen molar-refractivity contribution in [2.45, 2.75) is 26.2 Å². The quantitative estimate of drug-likeness (QED) is 0.568. The second kappa shape index (κ2) is 5.29. The average Bonchev–Trinajstić information content (AvgIpc) is 2.18. The molecule has 15 heavy (non-hydrogen) atoms. The highest BCUT2D eigenvalue weighted by molar-refractivity contribution is 5.94. The first-order chi connectivity index (χ1) is 7.09. The van der Waals surface area contributed by atoms with Gasteiger partial charge in [-0.25, -0.2) is 0 Å². The van der Waals surface area contributed by atoms with E-state index in [-0.39, 0.29) is 11.6 Å². The molecule has 0 aliphatic rings. The largest absolute Gasteiger partial charge is 0.384 e. The molecular formula is C12H16N2O. The van der Waals surface area contributed by atoms with Gasteiger partial charge in [-0.05, 0) is 25.3 Å². The number of Topliss-reactive ketones (excluding diaryl/α,β-unsaturated/α-hetero) is 1. The Bertz CT molecular complexity index is 354. The molecule has 0 aliphatic heterocycles. The van der Waals surface area contributed by atoms with Crippen molar-refractivity contribution in [1.29, 1.82) is 5.41 Å². The molecule has 3 heteroatoms. The summed E-state index contributed by atoms with van der Waals surface area (Å²) >= 11 is 0. The smallest absolute Gasteiger partial charge is 0.129 e. The lowest BCUT2D eigenvalue weighted by atomic mass is 10.0. The average molecular weight is 204 g/mol. The fraction of sp³-hybridized carbons (Fsp3) is 0.333. The fourth-order valence-corrected chi connectivity index (χ4v) is 1.39. The molecule has 1 rings (SSSR count). The summed E-state index contributed by atoms with van der Waals surface area (Å²) in [6.45, 7) is 1.61. The molecule has 0 radical (unpaired) electrons. The molecule has 3 nitrogen and oxygen atoms in total. The number of nitrogens with one attached hydrogen (secondary N) is 1. The molecule has 0 saturated heterocycles. The molecule has 0 unspecified atom stereocenters. The molecule has 1 aromatic rings. The lowest BCUT2D eigenvalue weighted by Gasteiger charge is -2.02. The standard InChI is InChI=1S/C12H16N2O/c1-9(15)3-2-4-10-5-7-11(8-6-10)12(13)14/h5-8H,2-4H2,1H3,(H3,13,14). The van der Waals surface area contributed by atoms with E-state index in [1.54, 1.807) is 6.92 Å². The summed E-state index contributed by atoms with van der Waals surface area (Å²) < 4.78 is 0. The molecule has 0 aromatic heterocycles. The Morgan fingerprint density at radius 2 is 1.93 bits per heavy atom. The topological polar surface area (TPSA) is 66.9 Å². The van der Waals surface area contributed by atoms with E-state index in [1.165, 1.54) is 5.56 Å². The number of rotatable bonds is 5. The van der Waals surface area contributed by atoms with Crippen molar-refractivity contribution in [3.05, 3.63) is 35.4 Å². The number of hydrogen-bond acceptors (Lipinski definition) is 2. The zero-order valence-electron chi connectivity index (χ0n) is 8.92. The SMILES string of the molecule is CC(=O)CCCc1ccc(C(=N)N)cc1. The maximum atomic E-state index is 10.7. The Hall–Kier alpha value is -1.64. The number of amidine groups is 1. The number of carbonyl (C=O) groups excluding carboxylic acids is 1. The Kier molecular flexibility index (Phi) is 4.03. The van der Waals surface area contributed by atoms with E-state index in [0.717, 1.165) is 18.4 Å². The van der Waals surface area contributed by atoms with E-state index in [9.17, 15) is 4.79 Å². The molecule has 0 heterocycles. The number of ketones is 1. The van der Waals surface area contributed by atoms with E-state index in [1.807, 2.05) is 24.3 Å². The molecule has 1 aromatic carbocycles. The zero-order valence-corrected chi connectivity index (χ0v) is 8.92. The molecule has 0 amide bonds. The normalized spacial score (nSPS) is 9.93. The van der Waals surface area contributed by atoms with Gasteiger partial charge in [0, 0.05) is 12.0 Å². The lowest BCUT2D eigenvalue weighted by molar-refractivity contribution is -0.117. The third-order valence-corrected chi connectivity index (χ3v) is 2.26. The Morgan fingerprint density at radius 3 is 2.40 bits per heavy atom. The van der Waals surface area contributed by atoms with Crippen molar-refractivity contribution in [3.8, 4) is 0 Å². The fourth-order valence-electron chi connectivity index (χ4n) is 1.39. The number of aryl methyl sites for hydroxylation is 1. The van der Waals surface area contributed by atoms with Crippen LogP contribution >= 0.6 is 0 Å². The number of nitrogens with two attached hydrogens (primary N) is 1. The first-order valence-electron chi connectivity index (χ1n) is 5.02. The van der Waals surface area contributed by atoms with Crippen LogP contribution in [0.5, 0.6) is 0 Å². The van der Waals surface area contributed by atoms with Gasteiger partial charge >= 0.3 is 0 Å². The van der Waals surface area contributed by atoms with Crippen molar-refractivity contribution in [2.75, 3.05) is 0 Å². The van der Waals surface area contributed by atoms with Gasteiger partial charge in [-0.3, -0.25) is 5.41 Å². The molecule has 3 N–H and O–H groups in total. The lowest BCUT2D eigenvalue weighted by Crippen LogP contribution is -2.10. The van der Waals surface area contributed by atoms with Crippen LogP contribution < -0.4 is 5.73 Å². The highest BCUT2D eigenvalue weighted by Crippen LogP contribution is 2.07. The Labute approximate surface area is 89.8 Å². The van der Waals surface area contributed by atoms with E-state index in [2.05, 4.69) is 0 Å². The van der Waals surface area contributed by atoms with Crippen LogP contribution in [0.25, 0.3) is 0 Å². The van der Waals surface area contributed by atoms with Crippen molar-refractivity contribution in [1.82, 2.24) is 0 Å². The minimum atomic E-state index is 0.0882. The second-order valence-corrected chi connectivity index (χ2v) is 3.67. The summed E-state index contributed by atoms with van der Waals surface area (Å²) in [5.41, 5.74) is 7.27. The Balaban J connectivity index is 2.50. The number of benzene rings is 1. The van der Waals surface area contributed by atoms with Crippen LogP contribution in [0.4, 0.5) is 0 Å². The van der Waals surface area contributed by atoms with Crippen LogP contribution in [-0.2, 0) is 11.2 Å². The Morgan fingerprint density at radius 1 is 1.33 bits per heavy atom. The van der Waals surface area contributed by atoms with Gasteiger partial charge in [0.1, 0.15) is 11.6 Å². The van der Waals surface area contributed by atoms with E-state index in [0.29, 0.717) is 6.42 Å². The molecule has 0 fully saturated rings. The third-order valence-electron chi connectivity index (χ3n) is 2.26. The van der Waals surface area contributed by atoms with Gasteiger partial charge in [-0.1, -0.05) is 24.3 Å². The van der Waals surface area contributed by atoms with Gasteiger partial charge in [-0.15, -0.1) is 0 Å². The monoisotopic (exact) mass is 204 g/mol. The van der Waals surface area contributed by atoms with Gasteiger partial charge in [0.05, 0.1) is 0 Å². The maximum absolute atomic E-state index is 10.7. The third kappa shape index (κ3) is 3.94. The van der Waals surface area contributed by atoms with Crippen molar-refractivity contribution >= 4 is 11.6 Å². The predicted molar refractivity (Wildman–Crippen MR) is 61.1 cm³/mol. The molecule has 0 spiro atoms. The summed E-state index contributed by atoms with van der Waals surface area (Å²) in [7, 11) is 0. The zero-order chi connectivity index (χ0) is 11.3.